The van der Waals surface area contributed by atoms with E-state index in [2.05, 4.69) is 31.9 Å². The van der Waals surface area contributed by atoms with Crippen LogP contribution in [0.1, 0.15) is 25.3 Å². The molecule has 16 heavy (non-hydrogen) atoms. The SMILES string of the molecule is CCCCS(=O)(=O)OCc1cc(Br)sc1Br. The summed E-state index contributed by atoms with van der Waals surface area (Å²) in [5.41, 5.74) is 0.844. The van der Waals surface area contributed by atoms with Crippen molar-refractivity contribution in [2.24, 2.45) is 0 Å². The van der Waals surface area contributed by atoms with E-state index >= 15 is 0 Å². The zero-order chi connectivity index (χ0) is 12.2. The summed E-state index contributed by atoms with van der Waals surface area (Å²) in [7, 11) is -3.38. The molecular weight excluding hydrogens is 380 g/mol. The molecule has 0 atom stereocenters. The van der Waals surface area contributed by atoms with Crippen LogP contribution in [0, 0.1) is 0 Å². The second kappa shape index (κ2) is 6.49. The lowest BCUT2D eigenvalue weighted by molar-refractivity contribution is 0.307. The molecule has 7 heteroatoms. The summed E-state index contributed by atoms with van der Waals surface area (Å²) >= 11 is 8.18. The van der Waals surface area contributed by atoms with E-state index < -0.39 is 10.1 Å². The zero-order valence-electron chi connectivity index (χ0n) is 8.70. The summed E-state index contributed by atoms with van der Waals surface area (Å²) < 4.78 is 29.7. The predicted molar refractivity (Wildman–Crippen MR) is 73.2 cm³/mol. The van der Waals surface area contributed by atoms with Crippen molar-refractivity contribution in [3.8, 4) is 0 Å². The Bertz CT molecular complexity index is 440. The molecule has 0 aromatic carbocycles. The van der Waals surface area contributed by atoms with Crippen LogP contribution < -0.4 is 0 Å². The first-order chi connectivity index (χ1) is 7.44. The van der Waals surface area contributed by atoms with Crippen molar-refractivity contribution in [1.82, 2.24) is 0 Å². The Balaban J connectivity index is 2.54. The van der Waals surface area contributed by atoms with Crippen molar-refractivity contribution in [1.29, 1.82) is 0 Å². The summed E-state index contributed by atoms with van der Waals surface area (Å²) in [4.78, 5) is 0. The highest BCUT2D eigenvalue weighted by Gasteiger charge is 2.13. The Morgan fingerprint density at radius 3 is 2.62 bits per heavy atom. The molecule has 1 rings (SSSR count). The van der Waals surface area contributed by atoms with Crippen molar-refractivity contribution >= 4 is 53.3 Å². The van der Waals surface area contributed by atoms with Crippen molar-refractivity contribution in [2.45, 2.75) is 26.4 Å². The first kappa shape index (κ1) is 14.6. The molecule has 1 heterocycles. The number of thiophene rings is 1. The van der Waals surface area contributed by atoms with Crippen LogP contribution >= 0.6 is 43.2 Å². The Labute approximate surface area is 117 Å². The molecule has 0 saturated carbocycles. The van der Waals surface area contributed by atoms with Gasteiger partial charge < -0.3 is 0 Å². The molecule has 0 amide bonds. The van der Waals surface area contributed by atoms with Gasteiger partial charge in [0.2, 0.25) is 0 Å². The maximum atomic E-state index is 11.4. The lowest BCUT2D eigenvalue weighted by Crippen LogP contribution is -2.10. The van der Waals surface area contributed by atoms with Crippen LogP contribution in [-0.2, 0) is 20.9 Å². The second-order valence-electron chi connectivity index (χ2n) is 3.23. The standard InChI is InChI=1S/C9H12Br2O3S2/c1-2-3-4-16(12,13)14-6-7-5-8(10)15-9(7)11/h5H,2-4,6H2,1H3. The smallest absolute Gasteiger partial charge is 0.265 e. The fourth-order valence-corrected chi connectivity index (χ4v) is 4.86. The molecule has 0 N–H and O–H groups in total. The lowest BCUT2D eigenvalue weighted by atomic mass is 10.4. The lowest BCUT2D eigenvalue weighted by Gasteiger charge is -2.03. The molecule has 0 unspecified atom stereocenters. The van der Waals surface area contributed by atoms with Crippen LogP contribution in [0.25, 0.3) is 0 Å². The van der Waals surface area contributed by atoms with Crippen molar-refractivity contribution in [2.75, 3.05) is 5.75 Å². The van der Waals surface area contributed by atoms with Gasteiger partial charge in [-0.15, -0.1) is 11.3 Å². The first-order valence-electron chi connectivity index (χ1n) is 4.75. The Morgan fingerprint density at radius 1 is 1.44 bits per heavy atom. The van der Waals surface area contributed by atoms with Gasteiger partial charge in [-0.1, -0.05) is 13.3 Å². The Kier molecular flexibility index (Phi) is 5.93. The van der Waals surface area contributed by atoms with Crippen LogP contribution in [0.15, 0.2) is 13.6 Å². The molecule has 3 nitrogen and oxygen atoms in total. The summed E-state index contributed by atoms with van der Waals surface area (Å²) in [6, 6.07) is 1.85. The van der Waals surface area contributed by atoms with E-state index in [0.29, 0.717) is 6.42 Å². The van der Waals surface area contributed by atoms with Gasteiger partial charge in [-0.2, -0.15) is 8.42 Å². The monoisotopic (exact) mass is 390 g/mol. The molecule has 92 valence electrons. The van der Waals surface area contributed by atoms with Crippen LogP contribution in [-0.4, -0.2) is 14.2 Å². The highest BCUT2D eigenvalue weighted by Crippen LogP contribution is 2.32. The average Bonchev–Trinajstić information content (AvgIpc) is 2.52. The Morgan fingerprint density at radius 2 is 2.12 bits per heavy atom. The van der Waals surface area contributed by atoms with Crippen molar-refractivity contribution in [3.63, 3.8) is 0 Å². The third-order valence-corrected chi connectivity index (χ3v) is 5.60. The Hall–Kier alpha value is 0.570. The third-order valence-electron chi connectivity index (χ3n) is 1.87. The maximum absolute atomic E-state index is 11.4. The van der Waals surface area contributed by atoms with Gasteiger partial charge in [0.25, 0.3) is 10.1 Å². The maximum Gasteiger partial charge on any atom is 0.267 e. The van der Waals surface area contributed by atoms with Crippen LogP contribution in [0.3, 0.4) is 0 Å². The fourth-order valence-electron chi connectivity index (χ4n) is 1.01. The number of halogens is 2. The van der Waals surface area contributed by atoms with E-state index in [-0.39, 0.29) is 12.4 Å². The topological polar surface area (TPSA) is 43.4 Å². The summed E-state index contributed by atoms with van der Waals surface area (Å²) in [6.45, 7) is 2.04. The molecule has 1 aromatic rings. The summed E-state index contributed by atoms with van der Waals surface area (Å²) in [5, 5.41) is 0. The number of hydrogen-bond acceptors (Lipinski definition) is 4. The van der Waals surface area contributed by atoms with Gasteiger partial charge >= 0.3 is 0 Å². The van der Waals surface area contributed by atoms with Crippen molar-refractivity contribution < 1.29 is 12.6 Å². The molecule has 0 saturated heterocycles. The van der Waals surface area contributed by atoms with Gasteiger partial charge in [0.05, 0.1) is 19.9 Å². The van der Waals surface area contributed by atoms with Crippen molar-refractivity contribution in [3.05, 3.63) is 19.2 Å². The summed E-state index contributed by atoms with van der Waals surface area (Å²) in [6.07, 6.45) is 1.48. The van der Waals surface area contributed by atoms with Gasteiger partial charge in [-0.25, -0.2) is 0 Å². The number of rotatable bonds is 6. The van der Waals surface area contributed by atoms with Crippen LogP contribution in [0.4, 0.5) is 0 Å². The minimum atomic E-state index is -3.38. The van der Waals surface area contributed by atoms with Gasteiger partial charge in [0, 0.05) is 5.56 Å². The van der Waals surface area contributed by atoms with Gasteiger partial charge in [0.15, 0.2) is 0 Å². The van der Waals surface area contributed by atoms with Gasteiger partial charge in [-0.3, -0.25) is 4.18 Å². The highest BCUT2D eigenvalue weighted by molar-refractivity contribution is 9.12. The van der Waals surface area contributed by atoms with Gasteiger partial charge in [-0.05, 0) is 44.3 Å². The quantitative estimate of drug-likeness (QED) is 0.690. The second-order valence-corrected chi connectivity index (χ2v) is 8.74. The predicted octanol–water partition coefficient (Wildman–Crippen LogP) is 3.92. The normalized spacial score (nSPS) is 11.9. The molecule has 0 bridgehead atoms. The van der Waals surface area contributed by atoms with E-state index in [9.17, 15) is 8.42 Å². The summed E-state index contributed by atoms with van der Waals surface area (Å²) in [5.74, 6) is 0.0897. The van der Waals surface area contributed by atoms with E-state index in [0.717, 1.165) is 19.6 Å². The fraction of sp³-hybridized carbons (Fsp3) is 0.556. The molecular formula is C9H12Br2O3S2. The number of hydrogen-bond donors (Lipinski definition) is 0. The molecule has 0 aliphatic heterocycles. The van der Waals surface area contributed by atoms with E-state index in [4.69, 9.17) is 4.18 Å². The minimum Gasteiger partial charge on any atom is -0.265 e. The highest BCUT2D eigenvalue weighted by atomic mass is 79.9. The number of unbranched alkanes of at least 4 members (excludes halogenated alkanes) is 1. The molecule has 0 spiro atoms. The van der Waals surface area contributed by atoms with E-state index in [1.807, 2.05) is 13.0 Å². The molecule has 0 aliphatic carbocycles. The molecule has 1 aromatic heterocycles. The third kappa shape index (κ3) is 4.83. The van der Waals surface area contributed by atoms with Crippen LogP contribution in [0.2, 0.25) is 0 Å². The minimum absolute atomic E-state index is 0.0897. The average molecular weight is 392 g/mol. The van der Waals surface area contributed by atoms with E-state index in [1.165, 1.54) is 11.3 Å². The van der Waals surface area contributed by atoms with E-state index in [1.54, 1.807) is 0 Å². The van der Waals surface area contributed by atoms with Gasteiger partial charge in [0.1, 0.15) is 0 Å². The molecule has 0 aliphatic rings. The largest absolute Gasteiger partial charge is 0.267 e. The molecule has 0 fully saturated rings. The molecule has 0 radical (unpaired) electrons. The van der Waals surface area contributed by atoms with Crippen LogP contribution in [0.5, 0.6) is 0 Å². The first-order valence-corrected chi connectivity index (χ1v) is 8.73. The zero-order valence-corrected chi connectivity index (χ0v) is 13.5.